The van der Waals surface area contributed by atoms with Crippen LogP contribution in [0, 0.1) is 0 Å². The highest BCUT2D eigenvalue weighted by atomic mass is 79.9. The van der Waals surface area contributed by atoms with Gasteiger partial charge in [-0.25, -0.2) is 0 Å². The van der Waals surface area contributed by atoms with E-state index in [9.17, 15) is 9.59 Å². The van der Waals surface area contributed by atoms with Crippen LogP contribution in [-0.4, -0.2) is 36.0 Å². The fraction of sp³-hybridized carbons (Fsp3) is 0.154. The zero-order valence-electron chi connectivity index (χ0n) is 10.8. The van der Waals surface area contributed by atoms with Gasteiger partial charge in [-0.2, -0.15) is 0 Å². The number of rotatable bonds is 2. The van der Waals surface area contributed by atoms with Crippen molar-refractivity contribution in [3.8, 4) is 5.75 Å². The Hall–Kier alpha value is -1.73. The van der Waals surface area contributed by atoms with E-state index in [1.54, 1.807) is 12.1 Å². The molecule has 1 aliphatic heterocycles. The number of ether oxygens (including phenoxy) is 1. The van der Waals surface area contributed by atoms with Crippen LogP contribution in [-0.2, 0) is 9.59 Å². The lowest BCUT2D eigenvalue weighted by Crippen LogP contribution is -2.52. The van der Waals surface area contributed by atoms with Crippen LogP contribution in [0.4, 0.5) is 0 Å². The first kappa shape index (κ1) is 14.7. The number of benzene rings is 1. The Labute approximate surface area is 129 Å². The molecule has 5 nitrogen and oxygen atoms in total. The minimum atomic E-state index is -0.514. The van der Waals surface area contributed by atoms with Gasteiger partial charge in [0.2, 0.25) is 0 Å². The van der Waals surface area contributed by atoms with E-state index >= 15 is 0 Å². The summed E-state index contributed by atoms with van der Waals surface area (Å²) in [6.07, 6.45) is 1.49. The van der Waals surface area contributed by atoms with E-state index in [1.807, 2.05) is 6.07 Å². The molecule has 0 radical (unpaired) electrons. The van der Waals surface area contributed by atoms with Gasteiger partial charge in [0.25, 0.3) is 11.8 Å². The molecule has 0 spiro atoms. The number of likely N-dealkylation sites (N-methyl/N-ethyl adjacent to an activating group) is 1. The summed E-state index contributed by atoms with van der Waals surface area (Å²) in [5.74, 6) is -0.391. The second kappa shape index (κ2) is 5.72. The maximum atomic E-state index is 12.1. The Morgan fingerprint density at radius 3 is 2.75 bits per heavy atom. The van der Waals surface area contributed by atoms with E-state index in [-0.39, 0.29) is 10.7 Å². The highest BCUT2D eigenvalue weighted by Gasteiger charge is 2.30. The van der Waals surface area contributed by atoms with E-state index in [0.29, 0.717) is 11.3 Å². The summed E-state index contributed by atoms with van der Waals surface area (Å²) in [5.41, 5.74) is 0.638. The molecule has 2 rings (SSSR count). The van der Waals surface area contributed by atoms with Crippen LogP contribution in [0.3, 0.4) is 0 Å². The van der Waals surface area contributed by atoms with E-state index in [0.717, 1.165) is 4.47 Å². The zero-order valence-corrected chi connectivity index (χ0v) is 13.2. The topological polar surface area (TPSA) is 58.6 Å². The first-order valence-corrected chi connectivity index (χ1v) is 6.82. The van der Waals surface area contributed by atoms with Crippen molar-refractivity contribution in [1.82, 2.24) is 10.2 Å². The van der Waals surface area contributed by atoms with Crippen molar-refractivity contribution in [3.05, 3.63) is 33.8 Å². The lowest BCUT2D eigenvalue weighted by atomic mass is 10.1. The maximum absolute atomic E-state index is 12.1. The molecule has 20 heavy (non-hydrogen) atoms. The maximum Gasteiger partial charge on any atom is 0.265 e. The van der Waals surface area contributed by atoms with E-state index in [1.165, 1.54) is 25.1 Å². The Kier molecular flexibility index (Phi) is 4.20. The van der Waals surface area contributed by atoms with Gasteiger partial charge >= 0.3 is 0 Å². The number of halogens is 1. The summed E-state index contributed by atoms with van der Waals surface area (Å²) in [4.78, 5) is 25.2. The average Bonchev–Trinajstić information content (AvgIpc) is 2.41. The van der Waals surface area contributed by atoms with E-state index in [2.05, 4.69) is 21.2 Å². The minimum absolute atomic E-state index is 0.0116. The van der Waals surface area contributed by atoms with E-state index < -0.39 is 11.8 Å². The molecule has 0 atom stereocenters. The molecule has 1 saturated heterocycles. The normalized spacial score (nSPS) is 17.4. The minimum Gasteiger partial charge on any atom is -0.496 e. The standard InChI is InChI=1S/C13H11BrN2O3S/c1-16-12(18)9(11(17)15-13(16)20)6-7-5-8(14)3-4-10(7)19-2/h3-6H,1-2H3,(H,15,17,20). The molecule has 104 valence electrons. The lowest BCUT2D eigenvalue weighted by molar-refractivity contribution is -0.128. The van der Waals surface area contributed by atoms with Gasteiger partial charge in [0, 0.05) is 17.1 Å². The Morgan fingerprint density at radius 2 is 2.10 bits per heavy atom. The van der Waals surface area contributed by atoms with Crippen LogP contribution in [0.25, 0.3) is 6.08 Å². The summed E-state index contributed by atoms with van der Waals surface area (Å²) >= 11 is 8.22. The summed E-state index contributed by atoms with van der Waals surface area (Å²) in [6.45, 7) is 0. The Morgan fingerprint density at radius 1 is 1.40 bits per heavy atom. The van der Waals surface area contributed by atoms with Crippen molar-refractivity contribution in [2.75, 3.05) is 14.2 Å². The number of carbonyl (C=O) groups excluding carboxylic acids is 2. The highest BCUT2D eigenvalue weighted by molar-refractivity contribution is 9.10. The van der Waals surface area contributed by atoms with Crippen molar-refractivity contribution >= 4 is 51.2 Å². The van der Waals surface area contributed by atoms with Crippen LogP contribution >= 0.6 is 28.1 Å². The van der Waals surface area contributed by atoms with Crippen LogP contribution < -0.4 is 10.1 Å². The van der Waals surface area contributed by atoms with Gasteiger partial charge in [0.15, 0.2) is 5.11 Å². The molecule has 1 N–H and O–H groups in total. The van der Waals surface area contributed by atoms with Gasteiger partial charge in [0.1, 0.15) is 11.3 Å². The predicted octanol–water partition coefficient (Wildman–Crippen LogP) is 1.71. The SMILES string of the molecule is COc1ccc(Br)cc1C=C1C(=O)NC(=S)N(C)C1=O. The smallest absolute Gasteiger partial charge is 0.265 e. The molecule has 0 unspecified atom stereocenters. The highest BCUT2D eigenvalue weighted by Crippen LogP contribution is 2.26. The van der Waals surface area contributed by atoms with Gasteiger partial charge in [0.05, 0.1) is 7.11 Å². The Bertz CT molecular complexity index is 643. The molecule has 0 aliphatic carbocycles. The molecule has 1 aromatic rings. The fourth-order valence-corrected chi connectivity index (χ4v) is 2.27. The third-order valence-corrected chi connectivity index (χ3v) is 3.67. The second-order valence-corrected chi connectivity index (χ2v) is 5.37. The number of nitrogens with one attached hydrogen (secondary N) is 1. The first-order chi connectivity index (χ1) is 9.43. The first-order valence-electron chi connectivity index (χ1n) is 5.62. The molecule has 1 aromatic carbocycles. The second-order valence-electron chi connectivity index (χ2n) is 4.07. The van der Waals surface area contributed by atoms with Crippen LogP contribution in [0.5, 0.6) is 5.75 Å². The number of methoxy groups -OCH3 is 1. The van der Waals surface area contributed by atoms with Crippen molar-refractivity contribution in [2.45, 2.75) is 0 Å². The largest absolute Gasteiger partial charge is 0.496 e. The number of thiocarbonyl (C=S) groups is 1. The van der Waals surface area contributed by atoms with Gasteiger partial charge in [-0.05, 0) is 36.5 Å². The summed E-state index contributed by atoms with van der Waals surface area (Å²) < 4.78 is 6.03. The van der Waals surface area contributed by atoms with Gasteiger partial charge in [-0.15, -0.1) is 0 Å². The molecule has 2 amide bonds. The van der Waals surface area contributed by atoms with Crippen LogP contribution in [0.2, 0.25) is 0 Å². The summed E-state index contributed by atoms with van der Waals surface area (Å²) in [6, 6.07) is 5.32. The lowest BCUT2D eigenvalue weighted by Gasteiger charge is -2.25. The molecule has 1 heterocycles. The van der Waals surface area contributed by atoms with Crippen LogP contribution in [0.15, 0.2) is 28.2 Å². The van der Waals surface area contributed by atoms with E-state index in [4.69, 9.17) is 17.0 Å². The number of carbonyl (C=O) groups is 2. The monoisotopic (exact) mass is 354 g/mol. The molecular weight excluding hydrogens is 344 g/mol. The average molecular weight is 355 g/mol. The summed E-state index contributed by atoms with van der Waals surface area (Å²) in [5, 5.41) is 2.55. The quantitative estimate of drug-likeness (QED) is 0.499. The van der Waals surface area contributed by atoms with Gasteiger partial charge < -0.3 is 4.74 Å². The van der Waals surface area contributed by atoms with Gasteiger partial charge in [-0.3, -0.25) is 19.8 Å². The molecule has 0 saturated carbocycles. The number of hydrogen-bond acceptors (Lipinski definition) is 4. The van der Waals surface area contributed by atoms with Gasteiger partial charge in [-0.1, -0.05) is 15.9 Å². The Balaban J connectivity index is 2.49. The molecular formula is C13H11BrN2O3S. The number of nitrogens with zero attached hydrogens (tertiary/aromatic N) is 1. The summed E-state index contributed by atoms with van der Waals surface area (Å²) in [7, 11) is 3.03. The molecule has 0 bridgehead atoms. The fourth-order valence-electron chi connectivity index (χ4n) is 1.72. The van der Waals surface area contributed by atoms with Crippen LogP contribution in [0.1, 0.15) is 5.56 Å². The predicted molar refractivity (Wildman–Crippen MR) is 82.2 cm³/mol. The third kappa shape index (κ3) is 2.73. The van der Waals surface area contributed by atoms with Crippen molar-refractivity contribution in [1.29, 1.82) is 0 Å². The molecule has 1 aliphatic rings. The zero-order chi connectivity index (χ0) is 14.9. The molecule has 0 aromatic heterocycles. The number of amides is 2. The van der Waals surface area contributed by atoms with Crippen molar-refractivity contribution < 1.29 is 14.3 Å². The third-order valence-electron chi connectivity index (χ3n) is 2.80. The van der Waals surface area contributed by atoms with Crippen molar-refractivity contribution in [3.63, 3.8) is 0 Å². The number of hydrogen-bond donors (Lipinski definition) is 1. The molecule has 1 fully saturated rings. The van der Waals surface area contributed by atoms with Crippen molar-refractivity contribution in [2.24, 2.45) is 0 Å². The molecule has 7 heteroatoms.